The van der Waals surface area contributed by atoms with Gasteiger partial charge in [0.05, 0.1) is 5.69 Å². The summed E-state index contributed by atoms with van der Waals surface area (Å²) in [5.41, 5.74) is 0.670. The van der Waals surface area contributed by atoms with Gasteiger partial charge in [0.1, 0.15) is 0 Å². The maximum Gasteiger partial charge on any atom is 0.347 e. The third-order valence-corrected chi connectivity index (χ3v) is 3.39. The zero-order chi connectivity index (χ0) is 13.6. The van der Waals surface area contributed by atoms with Crippen molar-refractivity contribution in [3.05, 3.63) is 62.0 Å². The highest BCUT2D eigenvalue weighted by atomic mass is 35.5. The number of hydrogen-bond donors (Lipinski definition) is 1. The molecular weight excluding hydrogens is 268 g/mol. The van der Waals surface area contributed by atoms with Gasteiger partial charge in [0, 0.05) is 17.4 Å². The summed E-state index contributed by atoms with van der Waals surface area (Å²) in [5, 5.41) is 6.53. The lowest BCUT2D eigenvalue weighted by Crippen LogP contribution is -2.23. The first-order valence-electron chi connectivity index (χ1n) is 5.53. The zero-order valence-corrected chi connectivity index (χ0v) is 10.7. The molecule has 1 N–H and O–H groups in total. The van der Waals surface area contributed by atoms with Crippen LogP contribution >= 0.6 is 11.6 Å². The number of aromatic nitrogens is 4. The minimum Gasteiger partial charge on any atom is -0.279 e. The molecule has 96 valence electrons. The molecular formula is C12H9ClN4O2. The van der Waals surface area contributed by atoms with E-state index < -0.39 is 5.69 Å². The fourth-order valence-electron chi connectivity index (χ4n) is 1.95. The van der Waals surface area contributed by atoms with Crippen molar-refractivity contribution < 1.29 is 0 Å². The molecule has 2 heterocycles. The van der Waals surface area contributed by atoms with E-state index in [0.29, 0.717) is 10.7 Å². The number of nitrogens with zero attached hydrogens (tertiary/aromatic N) is 3. The molecule has 0 saturated heterocycles. The van der Waals surface area contributed by atoms with Crippen LogP contribution in [0.15, 0.2) is 40.2 Å². The highest BCUT2D eigenvalue weighted by molar-refractivity contribution is 6.31. The second kappa shape index (κ2) is 4.10. The number of benzene rings is 1. The molecule has 1 aromatic carbocycles. The Morgan fingerprint density at radius 2 is 2.05 bits per heavy atom. The average Bonchev–Trinajstić information content (AvgIpc) is 2.77. The monoisotopic (exact) mass is 276 g/mol. The van der Waals surface area contributed by atoms with Crippen molar-refractivity contribution in [1.29, 1.82) is 0 Å². The Labute approximate surface area is 111 Å². The van der Waals surface area contributed by atoms with Crippen LogP contribution in [0.3, 0.4) is 0 Å². The molecule has 0 radical (unpaired) electrons. The van der Waals surface area contributed by atoms with Gasteiger partial charge in [-0.15, -0.1) is 5.10 Å². The van der Waals surface area contributed by atoms with Crippen molar-refractivity contribution in [2.45, 2.75) is 6.92 Å². The number of rotatable bonds is 1. The minimum atomic E-state index is -0.443. The lowest BCUT2D eigenvalue weighted by Gasteiger charge is -2.09. The number of fused-ring (bicyclic) bond motifs is 1. The van der Waals surface area contributed by atoms with E-state index in [4.69, 9.17) is 11.6 Å². The van der Waals surface area contributed by atoms with Gasteiger partial charge < -0.3 is 0 Å². The maximum atomic E-state index is 12.3. The number of nitrogens with one attached hydrogen (secondary N) is 1. The number of H-pyrrole nitrogens is 1. The molecule has 0 aliphatic heterocycles. The fraction of sp³-hybridized carbons (Fsp3) is 0.0833. The Bertz CT molecular complexity index is 891. The normalized spacial score (nSPS) is 11.1. The summed E-state index contributed by atoms with van der Waals surface area (Å²) in [4.78, 5) is 23.7. The fourth-order valence-corrected chi connectivity index (χ4v) is 2.12. The van der Waals surface area contributed by atoms with E-state index in [1.165, 1.54) is 21.4 Å². The van der Waals surface area contributed by atoms with Gasteiger partial charge in [0.25, 0.3) is 0 Å². The molecule has 6 nitrogen and oxygen atoms in total. The van der Waals surface area contributed by atoms with Crippen LogP contribution in [0.25, 0.3) is 11.3 Å². The predicted molar refractivity (Wildman–Crippen MR) is 71.2 cm³/mol. The molecule has 0 spiro atoms. The van der Waals surface area contributed by atoms with Crippen LogP contribution in [0.4, 0.5) is 0 Å². The average molecular weight is 277 g/mol. The molecule has 2 aromatic heterocycles. The highest BCUT2D eigenvalue weighted by Gasteiger charge is 2.11. The summed E-state index contributed by atoms with van der Waals surface area (Å²) in [6.07, 6.45) is 3.01. The van der Waals surface area contributed by atoms with Gasteiger partial charge in [-0.3, -0.25) is 9.36 Å². The molecule has 0 unspecified atom stereocenters. The van der Waals surface area contributed by atoms with Gasteiger partial charge >= 0.3 is 11.2 Å². The second-order valence-electron chi connectivity index (χ2n) is 4.08. The van der Waals surface area contributed by atoms with Gasteiger partial charge in [0.15, 0.2) is 0 Å². The van der Waals surface area contributed by atoms with E-state index in [1.54, 1.807) is 18.2 Å². The van der Waals surface area contributed by atoms with Crippen LogP contribution < -0.4 is 11.2 Å². The van der Waals surface area contributed by atoms with Crippen LogP contribution in [0.1, 0.15) is 5.56 Å². The summed E-state index contributed by atoms with van der Waals surface area (Å²) in [5.74, 6) is 0. The van der Waals surface area contributed by atoms with E-state index in [2.05, 4.69) is 10.2 Å². The molecule has 0 bridgehead atoms. The molecule has 0 aliphatic rings. The molecule has 0 aliphatic carbocycles. The quantitative estimate of drug-likeness (QED) is 0.724. The summed E-state index contributed by atoms with van der Waals surface area (Å²) in [6.45, 7) is 1.82. The Balaban J connectivity index is 2.38. The first-order valence-corrected chi connectivity index (χ1v) is 5.91. The third-order valence-electron chi connectivity index (χ3n) is 2.98. The van der Waals surface area contributed by atoms with Gasteiger partial charge in [-0.05, 0) is 24.6 Å². The number of hydrogen-bond acceptors (Lipinski definition) is 3. The molecule has 0 atom stereocenters. The van der Waals surface area contributed by atoms with Crippen molar-refractivity contribution in [2.24, 2.45) is 0 Å². The van der Waals surface area contributed by atoms with Crippen LogP contribution in [0.2, 0.25) is 5.02 Å². The zero-order valence-electron chi connectivity index (χ0n) is 9.92. The number of aromatic amines is 1. The molecule has 0 saturated carbocycles. The van der Waals surface area contributed by atoms with E-state index in [9.17, 15) is 9.59 Å². The number of halogens is 1. The smallest absolute Gasteiger partial charge is 0.279 e. The molecule has 7 heteroatoms. The van der Waals surface area contributed by atoms with Crippen molar-refractivity contribution in [3.63, 3.8) is 0 Å². The van der Waals surface area contributed by atoms with Gasteiger partial charge in [-0.2, -0.15) is 0 Å². The topological polar surface area (TPSA) is 72.2 Å². The van der Waals surface area contributed by atoms with Crippen molar-refractivity contribution in [3.8, 4) is 5.69 Å². The maximum absolute atomic E-state index is 12.3. The summed E-state index contributed by atoms with van der Waals surface area (Å²) < 4.78 is 2.58. The van der Waals surface area contributed by atoms with Gasteiger partial charge in [-0.1, -0.05) is 17.7 Å². The Morgan fingerprint density at radius 1 is 1.26 bits per heavy atom. The molecule has 0 amide bonds. The summed E-state index contributed by atoms with van der Waals surface area (Å²) >= 11 is 6.05. The second-order valence-corrected chi connectivity index (χ2v) is 4.49. The largest absolute Gasteiger partial charge is 0.347 e. The standard InChI is InChI=1S/C12H9ClN4O2/c1-7-8(13)3-2-4-9(7)16-5-6-17-10(11(16)18)14-15-12(17)19/h2-6H,1H3,(H,15,19). The Hall–Kier alpha value is -2.34. The SMILES string of the molecule is Cc1c(Cl)cccc1-n1ccn2c(=O)[nH]nc2c1=O. The minimum absolute atomic E-state index is 0.0480. The lowest BCUT2D eigenvalue weighted by atomic mass is 10.2. The molecule has 0 fully saturated rings. The van der Waals surface area contributed by atoms with Gasteiger partial charge in [-0.25, -0.2) is 14.3 Å². The van der Waals surface area contributed by atoms with Crippen LogP contribution in [0.5, 0.6) is 0 Å². The highest BCUT2D eigenvalue weighted by Crippen LogP contribution is 2.20. The predicted octanol–water partition coefficient (Wildman–Crippen LogP) is 1.14. The molecule has 3 aromatic rings. The lowest BCUT2D eigenvalue weighted by molar-refractivity contribution is 0.932. The van der Waals surface area contributed by atoms with E-state index >= 15 is 0 Å². The van der Waals surface area contributed by atoms with Crippen LogP contribution in [-0.2, 0) is 0 Å². The Morgan fingerprint density at radius 3 is 2.84 bits per heavy atom. The summed E-state index contributed by atoms with van der Waals surface area (Å²) in [6, 6.07) is 5.30. The van der Waals surface area contributed by atoms with Crippen LogP contribution in [-0.4, -0.2) is 19.2 Å². The van der Waals surface area contributed by atoms with Crippen LogP contribution in [0, 0.1) is 6.92 Å². The Kier molecular flexibility index (Phi) is 2.53. The third kappa shape index (κ3) is 1.68. The first-order chi connectivity index (χ1) is 9.09. The van der Waals surface area contributed by atoms with Crippen molar-refractivity contribution in [1.82, 2.24) is 19.2 Å². The van der Waals surface area contributed by atoms with Crippen molar-refractivity contribution >= 4 is 17.2 Å². The van der Waals surface area contributed by atoms with E-state index in [0.717, 1.165) is 5.56 Å². The van der Waals surface area contributed by atoms with E-state index in [1.807, 2.05) is 6.92 Å². The van der Waals surface area contributed by atoms with E-state index in [-0.39, 0.29) is 11.2 Å². The van der Waals surface area contributed by atoms with Crippen molar-refractivity contribution in [2.75, 3.05) is 0 Å². The summed E-state index contributed by atoms with van der Waals surface area (Å²) in [7, 11) is 0. The van der Waals surface area contributed by atoms with Gasteiger partial charge in [0.2, 0.25) is 5.65 Å². The first kappa shape index (κ1) is 11.7. The molecule has 3 rings (SSSR count). The molecule has 19 heavy (non-hydrogen) atoms.